The van der Waals surface area contributed by atoms with Crippen LogP contribution in [0.3, 0.4) is 0 Å². The maximum Gasteiger partial charge on any atom is 0.244 e. The van der Waals surface area contributed by atoms with Gasteiger partial charge >= 0.3 is 0 Å². The molecule has 1 heterocycles. The summed E-state index contributed by atoms with van der Waals surface area (Å²) in [6.07, 6.45) is 3.12. The number of rotatable bonds is 5. The Morgan fingerprint density at radius 3 is 2.69 bits per heavy atom. The van der Waals surface area contributed by atoms with E-state index in [1.807, 2.05) is 18.2 Å². The summed E-state index contributed by atoms with van der Waals surface area (Å²) in [7, 11) is 1.41. The smallest absolute Gasteiger partial charge is 0.244 e. The number of ether oxygens (including phenoxy) is 3. The molecule has 2 aromatic carbocycles. The molecule has 1 aliphatic rings. The largest absolute Gasteiger partial charge is 0.494 e. The van der Waals surface area contributed by atoms with Crippen molar-refractivity contribution in [2.24, 2.45) is 0 Å². The van der Waals surface area contributed by atoms with Crippen molar-refractivity contribution in [3.05, 3.63) is 59.4 Å². The molecule has 6 heteroatoms. The van der Waals surface area contributed by atoms with Crippen molar-refractivity contribution >= 4 is 12.0 Å². The molecule has 0 aromatic heterocycles. The number of halogens is 1. The van der Waals surface area contributed by atoms with Crippen LogP contribution in [0.15, 0.2) is 42.5 Å². The van der Waals surface area contributed by atoms with Crippen molar-refractivity contribution in [3.63, 3.8) is 0 Å². The molecule has 2 aromatic rings. The third-order valence-corrected chi connectivity index (χ3v) is 4.03. The summed E-state index contributed by atoms with van der Waals surface area (Å²) in [6.45, 7) is 2.84. The van der Waals surface area contributed by atoms with E-state index in [9.17, 15) is 9.18 Å². The normalized spacial score (nSPS) is 14.1. The molecule has 0 aliphatic carbocycles. The molecular formula is C20H20FNO4. The predicted octanol–water partition coefficient (Wildman–Crippen LogP) is 3.50. The van der Waals surface area contributed by atoms with Gasteiger partial charge in [0, 0.05) is 6.08 Å². The van der Waals surface area contributed by atoms with Crippen LogP contribution in [0.5, 0.6) is 17.2 Å². The summed E-state index contributed by atoms with van der Waals surface area (Å²) in [6, 6.07) is 9.76. The van der Waals surface area contributed by atoms with Gasteiger partial charge in [0.1, 0.15) is 13.2 Å². The van der Waals surface area contributed by atoms with Gasteiger partial charge < -0.3 is 19.5 Å². The van der Waals surface area contributed by atoms with Gasteiger partial charge in [0.2, 0.25) is 5.91 Å². The lowest BCUT2D eigenvalue weighted by atomic mass is 10.1. The Morgan fingerprint density at radius 2 is 1.96 bits per heavy atom. The van der Waals surface area contributed by atoms with Crippen LogP contribution >= 0.6 is 0 Å². The van der Waals surface area contributed by atoms with E-state index < -0.39 is 5.82 Å². The number of benzene rings is 2. The molecule has 5 nitrogen and oxygen atoms in total. The van der Waals surface area contributed by atoms with E-state index in [1.165, 1.54) is 19.3 Å². The van der Waals surface area contributed by atoms with Crippen LogP contribution in [0.1, 0.15) is 24.1 Å². The van der Waals surface area contributed by atoms with E-state index in [0.29, 0.717) is 30.3 Å². The summed E-state index contributed by atoms with van der Waals surface area (Å²) in [5, 5.41) is 2.80. The second-order valence-corrected chi connectivity index (χ2v) is 5.86. The Kier molecular flexibility index (Phi) is 5.41. The first kappa shape index (κ1) is 17.8. The fourth-order valence-corrected chi connectivity index (χ4v) is 2.63. The first-order valence-corrected chi connectivity index (χ1v) is 8.28. The molecule has 136 valence electrons. The Balaban J connectivity index is 1.63. The average molecular weight is 357 g/mol. The van der Waals surface area contributed by atoms with Gasteiger partial charge in [0.25, 0.3) is 0 Å². The van der Waals surface area contributed by atoms with E-state index in [0.717, 1.165) is 5.56 Å². The van der Waals surface area contributed by atoms with Crippen LogP contribution < -0.4 is 19.5 Å². The molecule has 0 fully saturated rings. The van der Waals surface area contributed by atoms with Gasteiger partial charge in [-0.15, -0.1) is 0 Å². The number of methoxy groups -OCH3 is 1. The minimum Gasteiger partial charge on any atom is -0.494 e. The van der Waals surface area contributed by atoms with Crippen LogP contribution in [-0.4, -0.2) is 26.2 Å². The molecule has 1 aliphatic heterocycles. The second-order valence-electron chi connectivity index (χ2n) is 5.86. The lowest BCUT2D eigenvalue weighted by Crippen LogP contribution is -2.24. The maximum absolute atomic E-state index is 13.8. The van der Waals surface area contributed by atoms with Gasteiger partial charge in [-0.1, -0.05) is 12.1 Å². The standard InChI is InChI=1S/C20H20FNO4/c1-13(15-5-7-17(24-2)16(21)12-15)22-20(23)8-4-14-3-6-18-19(11-14)26-10-9-25-18/h3-8,11-13H,9-10H2,1-2H3,(H,22,23)/b8-4+/t13-/m1/s1. The Bertz CT molecular complexity index is 835. The lowest BCUT2D eigenvalue weighted by molar-refractivity contribution is -0.117. The molecule has 1 amide bonds. The van der Waals surface area contributed by atoms with E-state index in [1.54, 1.807) is 25.1 Å². The van der Waals surface area contributed by atoms with Crippen molar-refractivity contribution in [1.82, 2.24) is 5.32 Å². The topological polar surface area (TPSA) is 56.8 Å². The van der Waals surface area contributed by atoms with Crippen molar-refractivity contribution in [1.29, 1.82) is 0 Å². The fourth-order valence-electron chi connectivity index (χ4n) is 2.63. The number of carbonyl (C=O) groups is 1. The zero-order chi connectivity index (χ0) is 18.5. The number of hydrogen-bond donors (Lipinski definition) is 1. The average Bonchev–Trinajstić information content (AvgIpc) is 2.66. The first-order chi connectivity index (χ1) is 12.6. The molecule has 3 rings (SSSR count). The van der Waals surface area contributed by atoms with Crippen LogP contribution in [0.25, 0.3) is 6.08 Å². The predicted molar refractivity (Wildman–Crippen MR) is 96.0 cm³/mol. The summed E-state index contributed by atoms with van der Waals surface area (Å²) >= 11 is 0. The SMILES string of the molecule is COc1ccc([C@@H](C)NC(=O)/C=C/c2ccc3c(c2)OCCO3)cc1F. The quantitative estimate of drug-likeness (QED) is 0.832. The monoisotopic (exact) mass is 357 g/mol. The minimum atomic E-state index is -0.460. The van der Waals surface area contributed by atoms with Gasteiger partial charge in [-0.3, -0.25) is 4.79 Å². The van der Waals surface area contributed by atoms with E-state index in [-0.39, 0.29) is 17.7 Å². The first-order valence-electron chi connectivity index (χ1n) is 8.28. The van der Waals surface area contributed by atoms with Crippen LogP contribution in [0, 0.1) is 5.82 Å². The Morgan fingerprint density at radius 1 is 1.19 bits per heavy atom. The Labute approximate surface area is 151 Å². The number of nitrogens with one attached hydrogen (secondary N) is 1. The van der Waals surface area contributed by atoms with Crippen molar-refractivity contribution in [3.8, 4) is 17.2 Å². The molecule has 0 bridgehead atoms. The highest BCUT2D eigenvalue weighted by Crippen LogP contribution is 2.31. The van der Waals surface area contributed by atoms with E-state index in [4.69, 9.17) is 14.2 Å². The van der Waals surface area contributed by atoms with Gasteiger partial charge in [-0.2, -0.15) is 0 Å². The van der Waals surface area contributed by atoms with Gasteiger partial charge in [0.05, 0.1) is 13.2 Å². The minimum absolute atomic E-state index is 0.172. The fraction of sp³-hybridized carbons (Fsp3) is 0.250. The number of carbonyl (C=O) groups excluding carboxylic acids is 1. The number of amides is 1. The molecule has 0 radical (unpaired) electrons. The lowest BCUT2D eigenvalue weighted by Gasteiger charge is -2.18. The highest BCUT2D eigenvalue weighted by Gasteiger charge is 2.12. The zero-order valence-electron chi connectivity index (χ0n) is 14.6. The van der Waals surface area contributed by atoms with Crippen LogP contribution in [0.2, 0.25) is 0 Å². The Hall–Kier alpha value is -3.02. The summed E-state index contributed by atoms with van der Waals surface area (Å²) in [4.78, 5) is 12.1. The van der Waals surface area contributed by atoms with Gasteiger partial charge in [0.15, 0.2) is 23.1 Å². The molecule has 0 saturated carbocycles. The summed E-state index contributed by atoms with van der Waals surface area (Å²) in [5.74, 6) is 0.807. The van der Waals surface area contributed by atoms with Gasteiger partial charge in [-0.25, -0.2) is 4.39 Å². The number of hydrogen-bond acceptors (Lipinski definition) is 4. The molecule has 0 spiro atoms. The van der Waals surface area contributed by atoms with Crippen molar-refractivity contribution in [2.45, 2.75) is 13.0 Å². The third-order valence-electron chi connectivity index (χ3n) is 4.03. The van der Waals surface area contributed by atoms with Gasteiger partial charge in [-0.05, 0) is 48.4 Å². The highest BCUT2D eigenvalue weighted by molar-refractivity contribution is 5.92. The molecular weight excluding hydrogens is 337 g/mol. The third kappa shape index (κ3) is 4.14. The van der Waals surface area contributed by atoms with Crippen LogP contribution in [-0.2, 0) is 4.79 Å². The second kappa shape index (κ2) is 7.91. The van der Waals surface area contributed by atoms with E-state index in [2.05, 4.69) is 5.32 Å². The maximum atomic E-state index is 13.8. The summed E-state index contributed by atoms with van der Waals surface area (Å²) in [5.41, 5.74) is 1.48. The molecule has 26 heavy (non-hydrogen) atoms. The van der Waals surface area contributed by atoms with Crippen LogP contribution in [0.4, 0.5) is 4.39 Å². The van der Waals surface area contributed by atoms with Crippen molar-refractivity contribution < 1.29 is 23.4 Å². The van der Waals surface area contributed by atoms with E-state index >= 15 is 0 Å². The molecule has 0 unspecified atom stereocenters. The molecule has 1 N–H and O–H groups in total. The van der Waals surface area contributed by atoms with Crippen molar-refractivity contribution in [2.75, 3.05) is 20.3 Å². The number of fused-ring (bicyclic) bond motifs is 1. The zero-order valence-corrected chi connectivity index (χ0v) is 14.6. The molecule has 1 atom stereocenters. The highest BCUT2D eigenvalue weighted by atomic mass is 19.1. The molecule has 0 saturated heterocycles. The summed E-state index contributed by atoms with van der Waals surface area (Å²) < 4.78 is 29.7.